The second-order valence-electron chi connectivity index (χ2n) is 2.54. The molecule has 0 spiro atoms. The van der Waals surface area contributed by atoms with Crippen molar-refractivity contribution in [2.75, 3.05) is 13.1 Å². The van der Waals surface area contributed by atoms with Crippen LogP contribution in [-0.2, 0) is 0 Å². The molecule has 1 saturated heterocycles. The predicted octanol–water partition coefficient (Wildman–Crippen LogP) is 0.902. The van der Waals surface area contributed by atoms with E-state index in [1.807, 2.05) is 0 Å². The van der Waals surface area contributed by atoms with Crippen LogP contribution in [-0.4, -0.2) is 18.0 Å². The largest absolute Gasteiger partial charge is 0.386 e. The second kappa shape index (κ2) is 2.76. The summed E-state index contributed by atoms with van der Waals surface area (Å²) in [5, 5.41) is 0. The summed E-state index contributed by atoms with van der Waals surface area (Å²) in [6, 6.07) is 0. The van der Waals surface area contributed by atoms with Crippen LogP contribution in [0.4, 0.5) is 0 Å². The Morgan fingerprint density at radius 3 is 2.11 bits per heavy atom. The molecule has 0 aromatic heterocycles. The number of hydrogen-bond acceptors (Lipinski definition) is 2. The Bertz CT molecular complexity index is 103. The van der Waals surface area contributed by atoms with Crippen LogP contribution in [0.2, 0.25) is 0 Å². The SMILES string of the molecule is C=C(N)N1CCCCC1. The fourth-order valence-electron chi connectivity index (χ4n) is 1.18. The van der Waals surface area contributed by atoms with E-state index in [1.165, 1.54) is 19.3 Å². The van der Waals surface area contributed by atoms with Gasteiger partial charge in [-0.1, -0.05) is 6.58 Å². The number of hydrogen-bond donors (Lipinski definition) is 1. The van der Waals surface area contributed by atoms with Crippen LogP contribution in [0.3, 0.4) is 0 Å². The first-order valence-corrected chi connectivity index (χ1v) is 3.50. The van der Waals surface area contributed by atoms with Gasteiger partial charge in [0.2, 0.25) is 0 Å². The Hall–Kier alpha value is -0.660. The molecule has 1 fully saturated rings. The van der Waals surface area contributed by atoms with E-state index in [-0.39, 0.29) is 0 Å². The zero-order chi connectivity index (χ0) is 6.69. The van der Waals surface area contributed by atoms with Crippen LogP contribution in [0.25, 0.3) is 0 Å². The van der Waals surface area contributed by atoms with Gasteiger partial charge in [0, 0.05) is 13.1 Å². The van der Waals surface area contributed by atoms with Crippen molar-refractivity contribution in [2.24, 2.45) is 5.73 Å². The molecule has 0 saturated carbocycles. The lowest BCUT2D eigenvalue weighted by molar-refractivity contribution is 0.284. The maximum atomic E-state index is 5.50. The van der Waals surface area contributed by atoms with Gasteiger partial charge >= 0.3 is 0 Å². The van der Waals surface area contributed by atoms with Gasteiger partial charge in [-0.05, 0) is 19.3 Å². The molecule has 0 bridgehead atoms. The van der Waals surface area contributed by atoms with Crippen molar-refractivity contribution in [2.45, 2.75) is 19.3 Å². The monoisotopic (exact) mass is 126 g/mol. The van der Waals surface area contributed by atoms with Crippen LogP contribution in [0.15, 0.2) is 12.4 Å². The van der Waals surface area contributed by atoms with Crippen molar-refractivity contribution in [3.8, 4) is 0 Å². The smallest absolute Gasteiger partial charge is 0.0912 e. The maximum absolute atomic E-state index is 5.50. The molecule has 0 aromatic carbocycles. The molecule has 0 amide bonds. The Morgan fingerprint density at radius 2 is 1.78 bits per heavy atom. The molecule has 2 N–H and O–H groups in total. The molecule has 1 aliphatic heterocycles. The molecule has 9 heavy (non-hydrogen) atoms. The molecule has 2 heteroatoms. The van der Waals surface area contributed by atoms with Crippen molar-refractivity contribution in [1.29, 1.82) is 0 Å². The average Bonchev–Trinajstić information content (AvgIpc) is 1.90. The van der Waals surface area contributed by atoms with Gasteiger partial charge < -0.3 is 10.6 Å². The molecule has 1 aliphatic rings. The topological polar surface area (TPSA) is 29.3 Å². The first kappa shape index (κ1) is 6.46. The fraction of sp³-hybridized carbons (Fsp3) is 0.714. The van der Waals surface area contributed by atoms with Gasteiger partial charge in [0.05, 0.1) is 5.82 Å². The summed E-state index contributed by atoms with van der Waals surface area (Å²) < 4.78 is 0. The third kappa shape index (κ3) is 1.63. The van der Waals surface area contributed by atoms with Gasteiger partial charge in [-0.15, -0.1) is 0 Å². The standard InChI is InChI=1S/C7H14N2/c1-7(8)9-5-3-2-4-6-9/h1-6,8H2. The number of rotatable bonds is 1. The van der Waals surface area contributed by atoms with Gasteiger partial charge in [-0.3, -0.25) is 0 Å². The van der Waals surface area contributed by atoms with E-state index in [0.717, 1.165) is 18.9 Å². The quantitative estimate of drug-likeness (QED) is 0.565. The van der Waals surface area contributed by atoms with Gasteiger partial charge in [0.15, 0.2) is 0 Å². The highest BCUT2D eigenvalue weighted by atomic mass is 15.2. The van der Waals surface area contributed by atoms with Gasteiger partial charge in [-0.25, -0.2) is 0 Å². The number of nitrogens with zero attached hydrogens (tertiary/aromatic N) is 1. The molecular weight excluding hydrogens is 112 g/mol. The summed E-state index contributed by atoms with van der Waals surface area (Å²) in [6.07, 6.45) is 3.90. The van der Waals surface area contributed by atoms with E-state index < -0.39 is 0 Å². The summed E-state index contributed by atoms with van der Waals surface area (Å²) in [7, 11) is 0. The summed E-state index contributed by atoms with van der Waals surface area (Å²) >= 11 is 0. The maximum Gasteiger partial charge on any atom is 0.0912 e. The van der Waals surface area contributed by atoms with Gasteiger partial charge in [0.25, 0.3) is 0 Å². The predicted molar refractivity (Wildman–Crippen MR) is 38.8 cm³/mol. The Morgan fingerprint density at radius 1 is 1.22 bits per heavy atom. The van der Waals surface area contributed by atoms with Crippen molar-refractivity contribution in [3.05, 3.63) is 12.4 Å². The van der Waals surface area contributed by atoms with Crippen LogP contribution in [0, 0.1) is 0 Å². The number of nitrogens with two attached hydrogens (primary N) is 1. The normalized spacial score (nSPS) is 19.8. The molecule has 0 radical (unpaired) electrons. The molecule has 1 heterocycles. The molecule has 0 aromatic rings. The van der Waals surface area contributed by atoms with Gasteiger partial charge in [-0.2, -0.15) is 0 Å². The lowest BCUT2D eigenvalue weighted by atomic mass is 10.1. The summed E-state index contributed by atoms with van der Waals surface area (Å²) in [5.74, 6) is 0.731. The highest BCUT2D eigenvalue weighted by Gasteiger charge is 2.07. The second-order valence-corrected chi connectivity index (χ2v) is 2.54. The Labute approximate surface area is 56.3 Å². The molecule has 0 unspecified atom stereocenters. The zero-order valence-corrected chi connectivity index (χ0v) is 5.77. The van der Waals surface area contributed by atoms with Crippen LogP contribution < -0.4 is 5.73 Å². The molecule has 0 aliphatic carbocycles. The minimum Gasteiger partial charge on any atom is -0.386 e. The van der Waals surface area contributed by atoms with E-state index in [0.29, 0.717) is 0 Å². The Balaban J connectivity index is 2.31. The molecular formula is C7H14N2. The molecule has 2 nitrogen and oxygen atoms in total. The van der Waals surface area contributed by atoms with Crippen molar-refractivity contribution in [1.82, 2.24) is 4.90 Å². The molecule has 1 rings (SSSR count). The Kier molecular flexibility index (Phi) is 1.98. The highest BCUT2D eigenvalue weighted by molar-refractivity contribution is 4.87. The zero-order valence-electron chi connectivity index (χ0n) is 5.77. The minimum atomic E-state index is 0.731. The summed E-state index contributed by atoms with van der Waals surface area (Å²) in [4.78, 5) is 2.14. The van der Waals surface area contributed by atoms with Crippen LogP contribution in [0.1, 0.15) is 19.3 Å². The molecule has 0 atom stereocenters. The van der Waals surface area contributed by atoms with Crippen LogP contribution >= 0.6 is 0 Å². The van der Waals surface area contributed by atoms with E-state index >= 15 is 0 Å². The lowest BCUT2D eigenvalue weighted by Gasteiger charge is -2.27. The van der Waals surface area contributed by atoms with E-state index in [1.54, 1.807) is 0 Å². The first-order valence-electron chi connectivity index (χ1n) is 3.50. The summed E-state index contributed by atoms with van der Waals surface area (Å²) in [5.41, 5.74) is 5.50. The van der Waals surface area contributed by atoms with Crippen LogP contribution in [0.5, 0.6) is 0 Å². The highest BCUT2D eigenvalue weighted by Crippen LogP contribution is 2.09. The van der Waals surface area contributed by atoms with Crippen molar-refractivity contribution < 1.29 is 0 Å². The third-order valence-electron chi connectivity index (χ3n) is 1.76. The van der Waals surface area contributed by atoms with E-state index in [4.69, 9.17) is 5.73 Å². The van der Waals surface area contributed by atoms with E-state index in [2.05, 4.69) is 11.5 Å². The first-order chi connectivity index (χ1) is 4.30. The third-order valence-corrected chi connectivity index (χ3v) is 1.76. The van der Waals surface area contributed by atoms with Gasteiger partial charge in [0.1, 0.15) is 0 Å². The minimum absolute atomic E-state index is 0.731. The number of piperidine rings is 1. The van der Waals surface area contributed by atoms with Crippen molar-refractivity contribution in [3.63, 3.8) is 0 Å². The number of likely N-dealkylation sites (tertiary alicyclic amines) is 1. The molecule has 52 valence electrons. The van der Waals surface area contributed by atoms with E-state index in [9.17, 15) is 0 Å². The fourth-order valence-corrected chi connectivity index (χ4v) is 1.18. The van der Waals surface area contributed by atoms with Crippen molar-refractivity contribution >= 4 is 0 Å². The lowest BCUT2D eigenvalue weighted by Crippen LogP contribution is -2.31. The average molecular weight is 126 g/mol. The summed E-state index contributed by atoms with van der Waals surface area (Å²) in [6.45, 7) is 5.90.